The second-order valence-corrected chi connectivity index (χ2v) is 14.6. The first-order valence-corrected chi connectivity index (χ1v) is 19.0. The molecule has 4 aromatic rings. The van der Waals surface area contributed by atoms with Crippen molar-refractivity contribution < 1.29 is 42.3 Å². The molecule has 57 heavy (non-hydrogen) atoms. The fourth-order valence-electron chi connectivity index (χ4n) is 7.82. The second-order valence-electron chi connectivity index (χ2n) is 14.6. The number of halogens is 3. The molecule has 3 saturated heterocycles. The molecule has 0 aliphatic carbocycles. The van der Waals surface area contributed by atoms with E-state index < -0.39 is 35.2 Å². The molecule has 2 N–H and O–H groups in total. The van der Waals surface area contributed by atoms with E-state index in [1.807, 2.05) is 72.8 Å². The zero-order valence-electron chi connectivity index (χ0n) is 31.1. The summed E-state index contributed by atoms with van der Waals surface area (Å²) in [6.07, 6.45) is -5.05. The number of amides is 2. The number of alkyl halides is 3. The Morgan fingerprint density at radius 3 is 2.21 bits per heavy atom. The standard InChI is InChI=1S/C42H44F3N5O7/c43-42(44,45)41(53)49-19-3-6-37(49)39(52)46-25-32-4-1-2-5-36(32)29-11-13-31(14-12-29)40-56-35(24-38(57-40)30-9-7-28(27-51)8-10-30)26-47-20-22-48(23-21-47)33-15-17-34(18-16-33)50(54)55/h1-2,4-5,7-18,35,37-38,40,51H,3,6,19-27H2,(H,46,52)/t35-,37+,38+,40+/m1/s1. The van der Waals surface area contributed by atoms with Gasteiger partial charge < -0.3 is 29.7 Å². The number of hydrogen-bond acceptors (Lipinski definition) is 9. The number of carbonyl (C=O) groups is 2. The van der Waals surface area contributed by atoms with E-state index in [0.717, 1.165) is 65.2 Å². The Balaban J connectivity index is 1.02. The predicted molar refractivity (Wildman–Crippen MR) is 205 cm³/mol. The van der Waals surface area contributed by atoms with Gasteiger partial charge in [0.25, 0.3) is 5.69 Å². The number of piperazine rings is 1. The van der Waals surface area contributed by atoms with Crippen LogP contribution in [0.3, 0.4) is 0 Å². The van der Waals surface area contributed by atoms with E-state index in [2.05, 4.69) is 15.1 Å². The van der Waals surface area contributed by atoms with Crippen LogP contribution < -0.4 is 10.2 Å². The maximum atomic E-state index is 13.1. The normalized spacial score (nSPS) is 21.7. The number of non-ortho nitro benzene ring substituents is 1. The van der Waals surface area contributed by atoms with Crippen molar-refractivity contribution >= 4 is 23.2 Å². The average Bonchev–Trinajstić information content (AvgIpc) is 3.73. The summed E-state index contributed by atoms with van der Waals surface area (Å²) in [5.41, 5.74) is 6.04. The third-order valence-corrected chi connectivity index (χ3v) is 10.9. The highest BCUT2D eigenvalue weighted by Gasteiger charge is 2.47. The molecule has 3 heterocycles. The van der Waals surface area contributed by atoms with Gasteiger partial charge in [-0.15, -0.1) is 0 Å². The summed E-state index contributed by atoms with van der Waals surface area (Å²) < 4.78 is 52.6. The lowest BCUT2D eigenvalue weighted by Crippen LogP contribution is -2.50. The number of rotatable bonds is 11. The Bertz CT molecular complexity index is 2020. The monoisotopic (exact) mass is 787 g/mol. The topological polar surface area (TPSA) is 138 Å². The first-order valence-electron chi connectivity index (χ1n) is 19.0. The van der Waals surface area contributed by atoms with Crippen LogP contribution in [0.25, 0.3) is 11.1 Å². The van der Waals surface area contributed by atoms with Crippen LogP contribution >= 0.6 is 0 Å². The number of nitrogens with zero attached hydrogens (tertiary/aromatic N) is 4. The van der Waals surface area contributed by atoms with Gasteiger partial charge in [0.1, 0.15) is 6.04 Å². The van der Waals surface area contributed by atoms with Crippen molar-refractivity contribution in [3.05, 3.63) is 129 Å². The number of hydrogen-bond donors (Lipinski definition) is 2. The van der Waals surface area contributed by atoms with E-state index in [9.17, 15) is 38.0 Å². The number of aliphatic hydroxyl groups excluding tert-OH is 1. The molecule has 2 amide bonds. The van der Waals surface area contributed by atoms with Gasteiger partial charge in [-0.2, -0.15) is 13.2 Å². The number of benzene rings is 4. The van der Waals surface area contributed by atoms with Gasteiger partial charge in [0.15, 0.2) is 6.29 Å². The van der Waals surface area contributed by atoms with Crippen LogP contribution in [0.15, 0.2) is 97.1 Å². The molecule has 0 unspecified atom stereocenters. The van der Waals surface area contributed by atoms with Crippen LogP contribution in [0, 0.1) is 10.1 Å². The van der Waals surface area contributed by atoms with Gasteiger partial charge in [0, 0.05) is 75.6 Å². The highest BCUT2D eigenvalue weighted by Crippen LogP contribution is 2.39. The van der Waals surface area contributed by atoms with Gasteiger partial charge >= 0.3 is 12.1 Å². The molecule has 15 heteroatoms. The van der Waals surface area contributed by atoms with Crippen LogP contribution in [-0.2, 0) is 32.2 Å². The minimum Gasteiger partial charge on any atom is -0.392 e. The molecular weight excluding hydrogens is 743 g/mol. The predicted octanol–water partition coefficient (Wildman–Crippen LogP) is 6.29. The molecule has 4 aromatic carbocycles. The lowest BCUT2D eigenvalue weighted by molar-refractivity contribution is -0.384. The Kier molecular flexibility index (Phi) is 12.2. The molecule has 7 rings (SSSR count). The second kappa shape index (κ2) is 17.4. The number of nitro groups is 1. The smallest absolute Gasteiger partial charge is 0.392 e. The number of nitrogens with one attached hydrogen (secondary N) is 1. The third kappa shape index (κ3) is 9.45. The highest BCUT2D eigenvalue weighted by atomic mass is 19.4. The van der Waals surface area contributed by atoms with Gasteiger partial charge in [-0.1, -0.05) is 72.8 Å². The van der Waals surface area contributed by atoms with Crippen LogP contribution in [0.5, 0.6) is 0 Å². The molecule has 0 bridgehead atoms. The number of ether oxygens (including phenoxy) is 2. The molecule has 3 aliphatic heterocycles. The summed E-state index contributed by atoms with van der Waals surface area (Å²) in [6.45, 7) is 3.68. The maximum Gasteiger partial charge on any atom is 0.471 e. The van der Waals surface area contributed by atoms with Gasteiger partial charge in [-0.05, 0) is 52.8 Å². The average molecular weight is 788 g/mol. The minimum atomic E-state index is -5.04. The van der Waals surface area contributed by atoms with Gasteiger partial charge in [0.05, 0.1) is 23.7 Å². The van der Waals surface area contributed by atoms with Crippen molar-refractivity contribution in [3.8, 4) is 11.1 Å². The van der Waals surface area contributed by atoms with E-state index in [4.69, 9.17) is 9.47 Å². The van der Waals surface area contributed by atoms with E-state index in [1.54, 1.807) is 12.1 Å². The first-order chi connectivity index (χ1) is 27.5. The summed E-state index contributed by atoms with van der Waals surface area (Å²) in [6, 6.07) is 28.3. The number of anilines is 1. The summed E-state index contributed by atoms with van der Waals surface area (Å²) in [4.78, 5) is 40.8. The quantitative estimate of drug-likeness (QED) is 0.133. The van der Waals surface area contributed by atoms with Crippen molar-refractivity contribution in [3.63, 3.8) is 0 Å². The first kappa shape index (κ1) is 39.9. The number of nitro benzene ring substituents is 1. The Hall–Kier alpha value is -5.35. The lowest BCUT2D eigenvalue weighted by Gasteiger charge is -2.41. The fourth-order valence-corrected chi connectivity index (χ4v) is 7.82. The fraction of sp³-hybridized carbons (Fsp3) is 0.381. The van der Waals surface area contributed by atoms with Gasteiger partial charge in [-0.25, -0.2) is 0 Å². The summed E-state index contributed by atoms with van der Waals surface area (Å²) in [7, 11) is 0. The Labute approximate surface area is 327 Å². The van der Waals surface area contributed by atoms with E-state index in [-0.39, 0.29) is 44.0 Å². The highest BCUT2D eigenvalue weighted by molar-refractivity contribution is 5.90. The number of aliphatic hydroxyl groups is 1. The summed E-state index contributed by atoms with van der Waals surface area (Å²) >= 11 is 0. The maximum absolute atomic E-state index is 13.1. The summed E-state index contributed by atoms with van der Waals surface area (Å²) in [5, 5.41) is 23.4. The molecule has 3 aliphatic rings. The van der Waals surface area contributed by atoms with E-state index >= 15 is 0 Å². The van der Waals surface area contributed by atoms with Crippen LogP contribution in [0.2, 0.25) is 0 Å². The lowest BCUT2D eigenvalue weighted by atomic mass is 9.97. The third-order valence-electron chi connectivity index (χ3n) is 10.9. The Morgan fingerprint density at radius 1 is 0.860 bits per heavy atom. The van der Waals surface area contributed by atoms with E-state index in [0.29, 0.717) is 24.3 Å². The van der Waals surface area contributed by atoms with E-state index in [1.165, 1.54) is 12.1 Å². The summed E-state index contributed by atoms with van der Waals surface area (Å²) in [5.74, 6) is -2.62. The van der Waals surface area contributed by atoms with Crippen molar-refractivity contribution in [2.45, 2.75) is 63.1 Å². The zero-order valence-corrected chi connectivity index (χ0v) is 31.1. The molecule has 0 spiro atoms. The van der Waals surface area contributed by atoms with Crippen molar-refractivity contribution in [1.29, 1.82) is 0 Å². The minimum absolute atomic E-state index is 0.0596. The van der Waals surface area contributed by atoms with Crippen molar-refractivity contribution in [1.82, 2.24) is 15.1 Å². The van der Waals surface area contributed by atoms with Crippen LogP contribution in [-0.4, -0.2) is 89.2 Å². The number of likely N-dealkylation sites (tertiary alicyclic amines) is 1. The van der Waals surface area contributed by atoms with Gasteiger partial charge in [-0.3, -0.25) is 24.6 Å². The van der Waals surface area contributed by atoms with Crippen molar-refractivity contribution in [2.75, 3.05) is 44.2 Å². The molecule has 0 saturated carbocycles. The molecule has 0 aromatic heterocycles. The molecule has 12 nitrogen and oxygen atoms in total. The molecule has 3 fully saturated rings. The number of carbonyl (C=O) groups excluding carboxylic acids is 2. The molecular formula is C42H44F3N5O7. The van der Waals surface area contributed by atoms with Crippen LogP contribution in [0.4, 0.5) is 24.5 Å². The zero-order chi connectivity index (χ0) is 40.1. The Morgan fingerprint density at radius 2 is 1.54 bits per heavy atom. The van der Waals surface area contributed by atoms with Gasteiger partial charge in [0.2, 0.25) is 5.91 Å². The SMILES string of the molecule is O=C(NCc1ccccc1-c1ccc([C@H]2O[C@@H](CN3CCN(c4ccc([N+](=O)[O-])cc4)CC3)C[C@@H](c3ccc(CO)cc3)O2)cc1)[C@@H]1CCCN1C(=O)C(F)(F)F. The molecule has 4 atom stereocenters. The molecule has 0 radical (unpaired) electrons. The largest absolute Gasteiger partial charge is 0.471 e. The van der Waals surface area contributed by atoms with Crippen LogP contribution in [0.1, 0.15) is 53.9 Å². The van der Waals surface area contributed by atoms with Crippen molar-refractivity contribution in [2.24, 2.45) is 0 Å². The molecule has 300 valence electrons.